The zero-order valence-corrected chi connectivity index (χ0v) is 24.0. The maximum Gasteiger partial charge on any atom is 0.416 e. The van der Waals surface area contributed by atoms with Crippen molar-refractivity contribution < 1.29 is 36.3 Å². The molecule has 1 aromatic carbocycles. The number of alkyl halides is 3. The number of amides is 1. The molecule has 7 nitrogen and oxygen atoms in total. The fraction of sp³-hybridized carbons (Fsp3) is 0.630. The van der Waals surface area contributed by atoms with Crippen LogP contribution in [-0.4, -0.2) is 48.6 Å². The van der Waals surface area contributed by atoms with Crippen molar-refractivity contribution in [2.24, 2.45) is 0 Å². The summed E-state index contributed by atoms with van der Waals surface area (Å²) in [5.74, 6) is -2.89. The fourth-order valence-corrected chi connectivity index (χ4v) is 7.21. The van der Waals surface area contributed by atoms with Gasteiger partial charge < -0.3 is 10.0 Å². The van der Waals surface area contributed by atoms with Gasteiger partial charge in [0.25, 0.3) is 0 Å². The summed E-state index contributed by atoms with van der Waals surface area (Å²) in [6.45, 7) is 2.26. The van der Waals surface area contributed by atoms with Crippen LogP contribution in [0.5, 0.6) is 0 Å². The smallest absolute Gasteiger partial charge is 0.416 e. The van der Waals surface area contributed by atoms with Crippen molar-refractivity contribution in [2.75, 3.05) is 13.1 Å². The predicted molar refractivity (Wildman–Crippen MR) is 147 cm³/mol. The van der Waals surface area contributed by atoms with Crippen molar-refractivity contribution in [3.05, 3.63) is 45.7 Å². The molecule has 1 amide bonds. The van der Waals surface area contributed by atoms with Gasteiger partial charge in [-0.1, -0.05) is 82.9 Å². The molecule has 1 unspecified atom stereocenters. The number of carbonyl (C=O) groups is 2. The number of nitrogens with one attached hydrogen (secondary N) is 1. The van der Waals surface area contributed by atoms with Crippen molar-refractivity contribution >= 4 is 33.7 Å². The molecule has 0 bridgehead atoms. The van der Waals surface area contributed by atoms with E-state index in [4.69, 9.17) is 0 Å². The first kappa shape index (κ1) is 33.2. The summed E-state index contributed by atoms with van der Waals surface area (Å²) in [5, 5.41) is 8.81. The molecule has 0 aromatic heterocycles. The van der Waals surface area contributed by atoms with Crippen LogP contribution in [0.15, 0.2) is 34.6 Å². The third-order valence-corrected chi connectivity index (χ3v) is 9.77. The number of benzene rings is 1. The Morgan fingerprint density at radius 2 is 1.56 bits per heavy atom. The number of hydrogen-bond donors (Lipinski definition) is 2. The number of carboxylic acids is 1. The van der Waals surface area contributed by atoms with Gasteiger partial charge in [-0.25, -0.2) is 17.9 Å². The standard InChI is InChI=1S/C27H39F3N2O5S2/c1-2-3-4-5-6-7-8-9-10-11-18-31-39(36,37)24-17-16-23(38-24)20-32(25(33)26(34)35)19-21-12-14-22(15-13-21)27(28,29)30/h12-15,17,23,31H,2-11,16,18-20H2,1H3,(H,34,35). The van der Waals surface area contributed by atoms with Gasteiger partial charge >= 0.3 is 18.1 Å². The summed E-state index contributed by atoms with van der Waals surface area (Å²) in [5.41, 5.74) is -0.516. The lowest BCUT2D eigenvalue weighted by molar-refractivity contribution is -0.156. The number of aliphatic carboxylic acids is 1. The number of carboxylic acid groups (broad SMARTS) is 1. The summed E-state index contributed by atoms with van der Waals surface area (Å²) >= 11 is 1.05. The SMILES string of the molecule is CCCCCCCCCCCCNS(=O)(=O)C1=CCC(CN(Cc2ccc(C(F)(F)F)cc2)C(=O)C(=O)O)S1. The third-order valence-electron chi connectivity index (χ3n) is 6.47. The second-order valence-corrected chi connectivity index (χ2v) is 13.1. The highest BCUT2D eigenvalue weighted by atomic mass is 32.3. The maximum atomic E-state index is 12.8. The van der Waals surface area contributed by atoms with E-state index in [0.717, 1.165) is 54.5 Å². The molecule has 1 atom stereocenters. The first-order valence-electron chi connectivity index (χ1n) is 13.5. The summed E-state index contributed by atoms with van der Waals surface area (Å²) in [7, 11) is -3.71. The summed E-state index contributed by atoms with van der Waals surface area (Å²) in [6.07, 6.45) is 8.82. The Kier molecular flexibility index (Phi) is 13.8. The highest BCUT2D eigenvalue weighted by Crippen LogP contribution is 2.36. The van der Waals surface area contributed by atoms with Gasteiger partial charge in [0.2, 0.25) is 10.0 Å². The van der Waals surface area contributed by atoms with Crippen LogP contribution in [0.2, 0.25) is 0 Å². The largest absolute Gasteiger partial charge is 0.474 e. The van der Waals surface area contributed by atoms with E-state index in [0.29, 0.717) is 18.5 Å². The molecule has 0 radical (unpaired) electrons. The maximum absolute atomic E-state index is 12.8. The number of rotatable bonds is 17. The average Bonchev–Trinajstić information content (AvgIpc) is 3.36. The van der Waals surface area contributed by atoms with Crippen LogP contribution in [0.3, 0.4) is 0 Å². The molecule has 39 heavy (non-hydrogen) atoms. The van der Waals surface area contributed by atoms with E-state index in [1.807, 2.05) is 0 Å². The van der Waals surface area contributed by atoms with E-state index in [2.05, 4.69) is 11.6 Å². The minimum Gasteiger partial charge on any atom is -0.474 e. The van der Waals surface area contributed by atoms with E-state index in [1.54, 1.807) is 6.08 Å². The van der Waals surface area contributed by atoms with Gasteiger partial charge in [0.05, 0.1) is 5.56 Å². The lowest BCUT2D eigenvalue weighted by atomic mass is 10.1. The second kappa shape index (κ2) is 16.3. The molecule has 0 saturated carbocycles. The molecule has 1 aliphatic rings. The number of unbranched alkanes of at least 4 members (excludes halogenated alkanes) is 9. The lowest BCUT2D eigenvalue weighted by Gasteiger charge is -2.24. The Labute approximate surface area is 233 Å². The number of nitrogens with zero attached hydrogens (tertiary/aromatic N) is 1. The van der Waals surface area contributed by atoms with Gasteiger partial charge in [-0.2, -0.15) is 13.2 Å². The predicted octanol–water partition coefficient (Wildman–Crippen LogP) is 6.31. The molecule has 0 aliphatic carbocycles. The molecule has 0 fully saturated rings. The molecule has 0 spiro atoms. The van der Waals surface area contributed by atoms with Gasteiger partial charge in [0.15, 0.2) is 0 Å². The van der Waals surface area contributed by atoms with Gasteiger partial charge in [0.1, 0.15) is 4.24 Å². The quantitative estimate of drug-likeness (QED) is 0.162. The number of thioether (sulfide) groups is 1. The van der Waals surface area contributed by atoms with Crippen molar-refractivity contribution in [1.82, 2.24) is 9.62 Å². The van der Waals surface area contributed by atoms with Crippen LogP contribution < -0.4 is 4.72 Å². The summed E-state index contributed by atoms with van der Waals surface area (Å²) < 4.78 is 66.6. The average molecular weight is 593 g/mol. The molecule has 1 aromatic rings. The molecule has 12 heteroatoms. The molecule has 0 saturated heterocycles. The minimum absolute atomic E-state index is 0.0647. The molecule has 2 N–H and O–H groups in total. The molecular weight excluding hydrogens is 553 g/mol. The highest BCUT2D eigenvalue weighted by Gasteiger charge is 2.32. The van der Waals surface area contributed by atoms with E-state index >= 15 is 0 Å². The molecule has 220 valence electrons. The molecule has 1 aliphatic heterocycles. The van der Waals surface area contributed by atoms with E-state index in [-0.39, 0.29) is 17.3 Å². The van der Waals surface area contributed by atoms with Crippen LogP contribution in [0.1, 0.15) is 88.7 Å². The van der Waals surface area contributed by atoms with Gasteiger partial charge in [0, 0.05) is 24.9 Å². The van der Waals surface area contributed by atoms with Gasteiger partial charge in [-0.15, -0.1) is 11.8 Å². The first-order chi connectivity index (χ1) is 18.4. The zero-order valence-electron chi connectivity index (χ0n) is 22.3. The van der Waals surface area contributed by atoms with Crippen LogP contribution in [0.4, 0.5) is 13.2 Å². The lowest BCUT2D eigenvalue weighted by Crippen LogP contribution is -2.39. The Morgan fingerprint density at radius 3 is 2.10 bits per heavy atom. The summed E-state index contributed by atoms with van der Waals surface area (Å²) in [4.78, 5) is 24.6. The van der Waals surface area contributed by atoms with Crippen LogP contribution >= 0.6 is 11.8 Å². The Morgan fingerprint density at radius 1 is 1.00 bits per heavy atom. The monoisotopic (exact) mass is 592 g/mol. The van der Waals surface area contributed by atoms with Crippen LogP contribution in [0.25, 0.3) is 0 Å². The van der Waals surface area contributed by atoms with Crippen molar-refractivity contribution in [3.63, 3.8) is 0 Å². The molecule has 2 rings (SSSR count). The fourth-order valence-electron chi connectivity index (χ4n) is 4.28. The number of carbonyl (C=O) groups excluding carboxylic acids is 1. The van der Waals surface area contributed by atoms with Crippen LogP contribution in [-0.2, 0) is 32.3 Å². The number of hydrogen-bond acceptors (Lipinski definition) is 5. The zero-order chi connectivity index (χ0) is 28.9. The number of halogens is 3. The number of sulfonamides is 1. The Hall–Kier alpha value is -2.05. The normalized spacial score (nSPS) is 15.8. The van der Waals surface area contributed by atoms with Crippen LogP contribution in [0, 0.1) is 0 Å². The first-order valence-corrected chi connectivity index (χ1v) is 15.8. The second-order valence-electron chi connectivity index (χ2n) is 9.76. The minimum atomic E-state index is -4.51. The van der Waals surface area contributed by atoms with Crippen molar-refractivity contribution in [1.29, 1.82) is 0 Å². The number of allylic oxidation sites excluding steroid dienone is 1. The van der Waals surface area contributed by atoms with Crippen molar-refractivity contribution in [3.8, 4) is 0 Å². The topological polar surface area (TPSA) is 104 Å². The summed E-state index contributed by atoms with van der Waals surface area (Å²) in [6, 6.07) is 4.13. The Bertz CT molecular complexity index is 1060. The Balaban J connectivity index is 1.79. The van der Waals surface area contributed by atoms with E-state index in [9.17, 15) is 36.3 Å². The van der Waals surface area contributed by atoms with Crippen molar-refractivity contribution in [2.45, 2.75) is 95.5 Å². The third kappa shape index (κ3) is 11.9. The van der Waals surface area contributed by atoms with Gasteiger partial charge in [-0.3, -0.25) is 4.79 Å². The highest BCUT2D eigenvalue weighted by molar-refractivity contribution is 8.18. The molecule has 1 heterocycles. The molecular formula is C27H39F3N2O5S2. The van der Waals surface area contributed by atoms with E-state index in [1.165, 1.54) is 50.7 Å². The van der Waals surface area contributed by atoms with E-state index < -0.39 is 38.9 Å². The van der Waals surface area contributed by atoms with Gasteiger partial charge in [-0.05, 0) is 30.5 Å².